The van der Waals surface area contributed by atoms with E-state index in [4.69, 9.17) is 20.0 Å². The zero-order chi connectivity index (χ0) is 14.3. The summed E-state index contributed by atoms with van der Waals surface area (Å²) in [5.74, 6) is 0. The molecule has 0 aliphatic carbocycles. The highest BCUT2D eigenvalue weighted by Crippen LogP contribution is 2.35. The first-order valence-electron chi connectivity index (χ1n) is 6.58. The van der Waals surface area contributed by atoms with E-state index in [1.807, 2.05) is 23.9 Å². The number of rotatable bonds is 0. The van der Waals surface area contributed by atoms with Crippen molar-refractivity contribution in [2.45, 2.75) is 37.5 Å². The Bertz CT molecular complexity index is 507. The molecule has 4 atom stereocenters. The molecule has 0 bridgehead atoms. The highest BCUT2D eigenvalue weighted by Gasteiger charge is 2.45. The van der Waals surface area contributed by atoms with Gasteiger partial charge in [-0.2, -0.15) is 10.5 Å². The molecule has 0 radical (unpaired) electrons. The van der Waals surface area contributed by atoms with E-state index in [2.05, 4.69) is 12.1 Å². The SMILES string of the molecule is CN1C=C(C#N)CC2OC3C(CC(C#N)=CN3C)OC21. The van der Waals surface area contributed by atoms with Crippen LogP contribution in [0.3, 0.4) is 0 Å². The standard InChI is InChI=1S/C14H16N4O2/c1-17-7-9(5-15)3-11-13(17)19-12-4-10(6-16)8-18(2)14(12)20-11/h7-8,11-14H,3-4H2,1-2H3. The van der Waals surface area contributed by atoms with Crippen molar-refractivity contribution in [3.05, 3.63) is 23.5 Å². The van der Waals surface area contributed by atoms with E-state index in [-0.39, 0.29) is 24.7 Å². The molecule has 6 heteroatoms. The van der Waals surface area contributed by atoms with Crippen LogP contribution in [0.2, 0.25) is 0 Å². The summed E-state index contributed by atoms with van der Waals surface area (Å²) < 4.78 is 12.2. The minimum atomic E-state index is -0.195. The molecule has 3 aliphatic rings. The summed E-state index contributed by atoms with van der Waals surface area (Å²) in [5.41, 5.74) is 1.39. The van der Waals surface area contributed by atoms with E-state index in [1.54, 1.807) is 12.4 Å². The van der Waals surface area contributed by atoms with Gasteiger partial charge in [-0.1, -0.05) is 0 Å². The largest absolute Gasteiger partial charge is 0.352 e. The quantitative estimate of drug-likeness (QED) is 0.652. The summed E-state index contributed by atoms with van der Waals surface area (Å²) >= 11 is 0. The fourth-order valence-corrected chi connectivity index (χ4v) is 3.01. The van der Waals surface area contributed by atoms with E-state index in [0.717, 1.165) is 0 Å². The summed E-state index contributed by atoms with van der Waals surface area (Å²) in [6.45, 7) is 0. The van der Waals surface area contributed by atoms with Gasteiger partial charge in [0.25, 0.3) is 0 Å². The van der Waals surface area contributed by atoms with Crippen molar-refractivity contribution in [3.63, 3.8) is 0 Å². The lowest BCUT2D eigenvalue weighted by atomic mass is 9.99. The van der Waals surface area contributed by atoms with Gasteiger partial charge in [-0.25, -0.2) is 0 Å². The number of nitrogens with zero attached hydrogens (tertiary/aromatic N) is 4. The molecular weight excluding hydrogens is 256 g/mol. The summed E-state index contributed by atoms with van der Waals surface area (Å²) in [5, 5.41) is 18.1. The number of fused-ring (bicyclic) bond motifs is 2. The van der Waals surface area contributed by atoms with Crippen LogP contribution in [0.1, 0.15) is 12.8 Å². The Morgan fingerprint density at radius 1 is 0.950 bits per heavy atom. The molecule has 0 amide bonds. The van der Waals surface area contributed by atoms with E-state index in [1.165, 1.54) is 0 Å². The third-order valence-corrected chi connectivity index (χ3v) is 3.92. The molecule has 1 fully saturated rings. The van der Waals surface area contributed by atoms with Crippen LogP contribution in [-0.4, -0.2) is 48.6 Å². The minimum absolute atomic E-state index is 0.152. The second kappa shape index (κ2) is 4.82. The van der Waals surface area contributed by atoms with Crippen LogP contribution in [0.25, 0.3) is 0 Å². The van der Waals surface area contributed by atoms with E-state index >= 15 is 0 Å². The third kappa shape index (κ3) is 2.03. The Morgan fingerprint density at radius 3 is 1.70 bits per heavy atom. The highest BCUT2D eigenvalue weighted by atomic mass is 16.6. The monoisotopic (exact) mass is 272 g/mol. The number of hydrogen-bond donors (Lipinski definition) is 0. The van der Waals surface area contributed by atoms with Gasteiger partial charge in [-0.15, -0.1) is 0 Å². The Balaban J connectivity index is 1.83. The van der Waals surface area contributed by atoms with Gasteiger partial charge in [0.05, 0.1) is 12.1 Å². The van der Waals surface area contributed by atoms with Crippen molar-refractivity contribution in [2.75, 3.05) is 14.1 Å². The Labute approximate surface area is 118 Å². The van der Waals surface area contributed by atoms with Crippen molar-refractivity contribution in [1.82, 2.24) is 9.80 Å². The van der Waals surface area contributed by atoms with Gasteiger partial charge in [0.1, 0.15) is 12.2 Å². The molecule has 6 nitrogen and oxygen atoms in total. The van der Waals surface area contributed by atoms with Gasteiger partial charge in [-0.3, -0.25) is 0 Å². The van der Waals surface area contributed by atoms with E-state index in [0.29, 0.717) is 24.0 Å². The van der Waals surface area contributed by atoms with Crippen LogP contribution in [0.15, 0.2) is 23.5 Å². The van der Waals surface area contributed by atoms with Crippen molar-refractivity contribution in [1.29, 1.82) is 10.5 Å². The number of hydrogen-bond acceptors (Lipinski definition) is 6. The first-order valence-corrected chi connectivity index (χ1v) is 6.58. The van der Waals surface area contributed by atoms with Crippen molar-refractivity contribution in [2.24, 2.45) is 0 Å². The minimum Gasteiger partial charge on any atom is -0.352 e. The van der Waals surface area contributed by atoms with Gasteiger partial charge in [0.15, 0.2) is 12.5 Å². The molecule has 3 heterocycles. The molecule has 4 unspecified atom stereocenters. The van der Waals surface area contributed by atoms with Gasteiger partial charge in [0, 0.05) is 50.5 Å². The van der Waals surface area contributed by atoms with Crippen molar-refractivity contribution >= 4 is 0 Å². The maximum atomic E-state index is 9.05. The summed E-state index contributed by atoms with van der Waals surface area (Å²) in [6.07, 6.45) is 4.05. The van der Waals surface area contributed by atoms with Crippen LogP contribution in [0.5, 0.6) is 0 Å². The summed E-state index contributed by atoms with van der Waals surface area (Å²) in [7, 11) is 3.76. The summed E-state index contributed by atoms with van der Waals surface area (Å²) in [4.78, 5) is 3.76. The third-order valence-electron chi connectivity index (χ3n) is 3.92. The van der Waals surface area contributed by atoms with Crippen molar-refractivity contribution in [3.8, 4) is 12.1 Å². The number of nitriles is 2. The topological polar surface area (TPSA) is 72.5 Å². The molecule has 104 valence electrons. The smallest absolute Gasteiger partial charge is 0.157 e. The van der Waals surface area contributed by atoms with Gasteiger partial charge in [-0.05, 0) is 0 Å². The zero-order valence-electron chi connectivity index (χ0n) is 11.5. The molecule has 1 saturated heterocycles. The molecule has 0 spiro atoms. The predicted molar refractivity (Wildman–Crippen MR) is 69.5 cm³/mol. The molecule has 0 aromatic carbocycles. The van der Waals surface area contributed by atoms with Gasteiger partial charge in [0.2, 0.25) is 0 Å². The lowest BCUT2D eigenvalue weighted by Crippen LogP contribution is -2.60. The van der Waals surface area contributed by atoms with Crippen LogP contribution in [-0.2, 0) is 9.47 Å². The average Bonchev–Trinajstić information content (AvgIpc) is 2.45. The van der Waals surface area contributed by atoms with Crippen LogP contribution < -0.4 is 0 Å². The fraction of sp³-hybridized carbons (Fsp3) is 0.571. The van der Waals surface area contributed by atoms with E-state index in [9.17, 15) is 0 Å². The Kier molecular flexibility index (Phi) is 3.13. The predicted octanol–water partition coefficient (Wildman–Crippen LogP) is 0.909. The molecule has 0 saturated carbocycles. The fourth-order valence-electron chi connectivity index (χ4n) is 3.01. The van der Waals surface area contributed by atoms with Crippen LogP contribution >= 0.6 is 0 Å². The summed E-state index contributed by atoms with van der Waals surface area (Å²) in [6, 6.07) is 4.36. The molecule has 0 aromatic rings. The first-order chi connectivity index (χ1) is 9.62. The maximum Gasteiger partial charge on any atom is 0.157 e. The molecule has 0 N–H and O–H groups in total. The zero-order valence-corrected chi connectivity index (χ0v) is 11.5. The lowest BCUT2D eigenvalue weighted by Gasteiger charge is -2.49. The molecule has 3 rings (SSSR count). The Morgan fingerprint density at radius 2 is 1.35 bits per heavy atom. The molecule has 20 heavy (non-hydrogen) atoms. The number of likely N-dealkylation sites (N-methyl/N-ethyl adjacent to an activating group) is 2. The molecular formula is C14H16N4O2. The second-order valence-electron chi connectivity index (χ2n) is 5.40. The van der Waals surface area contributed by atoms with Crippen LogP contribution in [0.4, 0.5) is 0 Å². The molecule has 3 aliphatic heterocycles. The Hall–Kier alpha value is -2.02. The van der Waals surface area contributed by atoms with Gasteiger partial charge >= 0.3 is 0 Å². The average molecular weight is 272 g/mol. The van der Waals surface area contributed by atoms with Gasteiger partial charge < -0.3 is 19.3 Å². The van der Waals surface area contributed by atoms with E-state index < -0.39 is 0 Å². The molecule has 0 aromatic heterocycles. The van der Waals surface area contributed by atoms with Crippen molar-refractivity contribution < 1.29 is 9.47 Å². The second-order valence-corrected chi connectivity index (χ2v) is 5.40. The lowest BCUT2D eigenvalue weighted by molar-refractivity contribution is -0.281. The number of ether oxygens (including phenoxy) is 2. The normalized spacial score (nSPS) is 36.0. The first kappa shape index (κ1) is 13.0. The highest BCUT2D eigenvalue weighted by molar-refractivity contribution is 5.26. The van der Waals surface area contributed by atoms with Crippen LogP contribution in [0, 0.1) is 22.7 Å². The maximum absolute atomic E-state index is 9.05.